The lowest BCUT2D eigenvalue weighted by Crippen LogP contribution is -2.09. The van der Waals surface area contributed by atoms with Crippen LogP contribution in [0.2, 0.25) is 0 Å². The second-order valence-electron chi connectivity index (χ2n) is 1.00. The Kier molecular flexibility index (Phi) is 1.85. The van der Waals surface area contributed by atoms with Gasteiger partial charge in [-0.25, -0.2) is 0 Å². The molecule has 0 atom stereocenters. The van der Waals surface area contributed by atoms with E-state index < -0.39 is 0 Å². The molecule has 1 aliphatic rings. The van der Waals surface area contributed by atoms with Crippen LogP contribution in [0.3, 0.4) is 0 Å². The van der Waals surface area contributed by atoms with Gasteiger partial charge in [0, 0.05) is 0 Å². The van der Waals surface area contributed by atoms with E-state index in [-0.39, 0.29) is 0 Å². The van der Waals surface area contributed by atoms with Gasteiger partial charge < -0.3 is 0 Å². The highest BCUT2D eigenvalue weighted by Gasteiger charge is 1.97. The van der Waals surface area contributed by atoms with Crippen LogP contribution < -0.4 is 5.32 Å². The summed E-state index contributed by atoms with van der Waals surface area (Å²) in [6, 6.07) is 0. The van der Waals surface area contributed by atoms with Crippen molar-refractivity contribution in [2.45, 2.75) is 6.42 Å². The molecule has 4 radical (unpaired) electrons. The zero-order valence-corrected chi connectivity index (χ0v) is 4.14. The Morgan fingerprint density at radius 3 is 2.83 bits per heavy atom. The molecule has 0 aromatic rings. The molecule has 0 spiro atoms. The molecule has 1 nitrogen and oxygen atoms in total. The first-order valence-corrected chi connectivity index (χ1v) is 2.83. The lowest BCUT2D eigenvalue weighted by Gasteiger charge is -2.05. The Morgan fingerprint density at radius 1 is 1.67 bits per heavy atom. The standard InChI is InChI=1S/C4H5NS/c1-2-5-4-6-3-1/h5H,1,3H2. The molecule has 6 heavy (non-hydrogen) atoms. The predicted octanol–water partition coefficient (Wildman–Crippen LogP) is 0.748. The van der Waals surface area contributed by atoms with Crippen LogP contribution in [0.15, 0.2) is 0 Å². The Morgan fingerprint density at radius 2 is 2.67 bits per heavy atom. The Hall–Kier alpha value is 0.310. The van der Waals surface area contributed by atoms with Crippen molar-refractivity contribution in [2.75, 3.05) is 5.75 Å². The third kappa shape index (κ3) is 1.19. The van der Waals surface area contributed by atoms with Crippen LogP contribution in [0.1, 0.15) is 6.42 Å². The summed E-state index contributed by atoms with van der Waals surface area (Å²) in [6.07, 6.45) is 1.04. The van der Waals surface area contributed by atoms with Crippen LogP contribution >= 0.6 is 11.8 Å². The van der Waals surface area contributed by atoms with Crippen LogP contribution in [-0.4, -0.2) is 5.75 Å². The highest BCUT2D eigenvalue weighted by molar-refractivity contribution is 8.01. The second-order valence-corrected chi connectivity index (χ2v) is 1.90. The Bertz CT molecular complexity index is 23.0. The highest BCUT2D eigenvalue weighted by Crippen LogP contribution is 2.09. The van der Waals surface area contributed by atoms with Crippen LogP contribution in [0.5, 0.6) is 0 Å². The smallest absolute Gasteiger partial charge is 0.127 e. The molecule has 1 aliphatic heterocycles. The number of thioether (sulfide) groups is 1. The maximum atomic E-state index is 2.90. The monoisotopic (exact) mass is 99.0 g/mol. The summed E-state index contributed by atoms with van der Waals surface area (Å²) in [5, 5.41) is 2.75. The maximum absolute atomic E-state index is 2.90. The van der Waals surface area contributed by atoms with Gasteiger partial charge in [0.05, 0.1) is 6.54 Å². The Labute approximate surface area is 42.5 Å². The Balaban J connectivity index is 2.00. The van der Waals surface area contributed by atoms with E-state index in [2.05, 4.69) is 17.7 Å². The van der Waals surface area contributed by atoms with Crippen LogP contribution in [-0.2, 0) is 0 Å². The molecule has 0 unspecified atom stereocenters. The highest BCUT2D eigenvalue weighted by atomic mass is 32.2. The van der Waals surface area contributed by atoms with Crippen molar-refractivity contribution in [1.29, 1.82) is 0 Å². The maximum Gasteiger partial charge on any atom is 0.127 e. The normalized spacial score (nSPS) is 24.0. The third-order valence-corrected chi connectivity index (χ3v) is 1.20. The van der Waals surface area contributed by atoms with E-state index in [9.17, 15) is 0 Å². The molecule has 1 heterocycles. The van der Waals surface area contributed by atoms with Crippen molar-refractivity contribution in [3.8, 4) is 0 Å². The minimum Gasteiger partial charge on any atom is -0.289 e. The number of hydrogen-bond donors (Lipinski definition) is 1. The largest absolute Gasteiger partial charge is 0.289 e. The van der Waals surface area contributed by atoms with Gasteiger partial charge >= 0.3 is 0 Å². The average Bonchev–Trinajstić information content (AvgIpc) is 1.72. The van der Waals surface area contributed by atoms with Gasteiger partial charge in [-0.1, -0.05) is 0 Å². The number of nitrogens with one attached hydrogen (secondary N) is 1. The summed E-state index contributed by atoms with van der Waals surface area (Å²) in [6.45, 7) is 2.90. The van der Waals surface area contributed by atoms with Gasteiger partial charge in [0.15, 0.2) is 0 Å². The van der Waals surface area contributed by atoms with E-state index in [1.54, 1.807) is 11.8 Å². The summed E-state index contributed by atoms with van der Waals surface area (Å²) >= 11 is 1.67. The van der Waals surface area contributed by atoms with Gasteiger partial charge in [-0.05, 0) is 12.2 Å². The third-order valence-electron chi connectivity index (χ3n) is 0.541. The van der Waals surface area contributed by atoms with Crippen LogP contribution in [0, 0.1) is 12.4 Å². The van der Waals surface area contributed by atoms with E-state index in [0.717, 1.165) is 12.2 Å². The number of hydrogen-bond acceptors (Lipinski definition) is 2. The number of rotatable bonds is 0. The van der Waals surface area contributed by atoms with E-state index >= 15 is 0 Å². The van der Waals surface area contributed by atoms with Crippen LogP contribution in [0.25, 0.3) is 0 Å². The van der Waals surface area contributed by atoms with Gasteiger partial charge in [-0.2, -0.15) is 0 Å². The molecule has 2 heteroatoms. The summed E-state index contributed by atoms with van der Waals surface area (Å²) in [5.41, 5.74) is 0. The van der Waals surface area contributed by atoms with Gasteiger partial charge in [-0.15, -0.1) is 11.8 Å². The van der Waals surface area contributed by atoms with Crippen LogP contribution in [0.4, 0.5) is 0 Å². The summed E-state index contributed by atoms with van der Waals surface area (Å²) in [5.74, 6) is 3.97. The molecule has 1 rings (SSSR count). The van der Waals surface area contributed by atoms with E-state index in [4.69, 9.17) is 0 Å². The van der Waals surface area contributed by atoms with Crippen molar-refractivity contribution in [3.63, 3.8) is 0 Å². The minimum atomic E-state index is 1.04. The van der Waals surface area contributed by atoms with E-state index in [1.165, 1.54) is 0 Å². The topological polar surface area (TPSA) is 12.0 Å². The van der Waals surface area contributed by atoms with Crippen molar-refractivity contribution in [2.24, 2.45) is 0 Å². The van der Waals surface area contributed by atoms with Gasteiger partial charge in [0.1, 0.15) is 5.88 Å². The average molecular weight is 99.2 g/mol. The molecule has 0 bridgehead atoms. The molecule has 0 aromatic carbocycles. The molecule has 0 saturated carbocycles. The lowest BCUT2D eigenvalue weighted by molar-refractivity contribution is 0.906. The molecule has 1 saturated heterocycles. The summed E-state index contributed by atoms with van der Waals surface area (Å²) in [4.78, 5) is 0. The van der Waals surface area contributed by atoms with Gasteiger partial charge in [0.25, 0.3) is 0 Å². The molecule has 32 valence electrons. The zero-order valence-electron chi connectivity index (χ0n) is 3.32. The molecular weight excluding hydrogens is 94.1 g/mol. The predicted molar refractivity (Wildman–Crippen MR) is 26.7 cm³/mol. The molecule has 1 fully saturated rings. The van der Waals surface area contributed by atoms with Crippen molar-refractivity contribution in [1.82, 2.24) is 5.32 Å². The first-order chi connectivity index (χ1) is 3.00. The van der Waals surface area contributed by atoms with E-state index in [1.807, 2.05) is 0 Å². The molecule has 0 aliphatic carbocycles. The summed E-state index contributed by atoms with van der Waals surface area (Å²) in [7, 11) is 0. The molecular formula is C4H5NS. The fraction of sp³-hybridized carbons (Fsp3) is 0.500. The van der Waals surface area contributed by atoms with E-state index in [0.29, 0.717) is 0 Å². The second kappa shape index (κ2) is 2.48. The molecule has 1 N–H and O–H groups in total. The first-order valence-electron chi connectivity index (χ1n) is 1.85. The van der Waals surface area contributed by atoms with Gasteiger partial charge in [-0.3, -0.25) is 5.32 Å². The first kappa shape index (κ1) is 4.47. The molecule has 0 amide bonds. The lowest BCUT2D eigenvalue weighted by atomic mass is 10.5. The van der Waals surface area contributed by atoms with Crippen molar-refractivity contribution < 1.29 is 0 Å². The SMILES string of the molecule is [C]1CCS[C]N1. The quantitative estimate of drug-likeness (QED) is 0.481. The summed E-state index contributed by atoms with van der Waals surface area (Å²) < 4.78 is 0. The van der Waals surface area contributed by atoms with Gasteiger partial charge in [0.2, 0.25) is 0 Å². The fourth-order valence-corrected chi connectivity index (χ4v) is 0.738. The zero-order chi connectivity index (χ0) is 4.24. The minimum absolute atomic E-state index is 1.04. The fourth-order valence-electron chi connectivity index (χ4n) is 0.288. The van der Waals surface area contributed by atoms with Crippen molar-refractivity contribution in [3.05, 3.63) is 12.4 Å². The molecule has 0 aromatic heterocycles. The van der Waals surface area contributed by atoms with Crippen molar-refractivity contribution >= 4 is 11.8 Å².